The van der Waals surface area contributed by atoms with Gasteiger partial charge in [-0.25, -0.2) is 9.97 Å². The van der Waals surface area contributed by atoms with Crippen LogP contribution in [0.4, 0.5) is 0 Å². The lowest BCUT2D eigenvalue weighted by molar-refractivity contribution is 0.418. The van der Waals surface area contributed by atoms with Crippen molar-refractivity contribution in [2.24, 2.45) is 0 Å². The van der Waals surface area contributed by atoms with Gasteiger partial charge in [-0.15, -0.1) is 0 Å². The van der Waals surface area contributed by atoms with E-state index >= 15 is 0 Å². The van der Waals surface area contributed by atoms with E-state index in [-0.39, 0.29) is 0 Å². The summed E-state index contributed by atoms with van der Waals surface area (Å²) in [6, 6.07) is 20.0. The molecule has 2 aromatic carbocycles. The highest BCUT2D eigenvalue weighted by atomic mass is 16.5. The zero-order valence-electron chi connectivity index (χ0n) is 15.5. The molecule has 4 heteroatoms. The van der Waals surface area contributed by atoms with E-state index in [2.05, 4.69) is 22.1 Å². The second kappa shape index (κ2) is 7.83. The first-order valence-electron chi connectivity index (χ1n) is 8.43. The highest BCUT2D eigenvalue weighted by Crippen LogP contribution is 2.24. The van der Waals surface area contributed by atoms with Crippen LogP contribution in [0.1, 0.15) is 11.4 Å². The minimum Gasteiger partial charge on any atom is -0.494 e. The molecule has 0 aliphatic heterocycles. The smallest absolute Gasteiger partial charge is 0.145 e. The number of ether oxygens (including phenoxy) is 2. The maximum absolute atomic E-state index is 5.22. The fourth-order valence-corrected chi connectivity index (χ4v) is 2.76. The van der Waals surface area contributed by atoms with Crippen LogP contribution >= 0.6 is 0 Å². The third-order valence-electron chi connectivity index (χ3n) is 4.08. The van der Waals surface area contributed by atoms with Crippen LogP contribution in [-0.4, -0.2) is 24.2 Å². The molecule has 2 heterocycles. The Morgan fingerprint density at radius 1 is 0.577 bits per heavy atom. The lowest BCUT2D eigenvalue weighted by Gasteiger charge is -2.04. The van der Waals surface area contributed by atoms with E-state index in [1.807, 2.05) is 62.4 Å². The monoisotopic (exact) mass is 346 g/mol. The minimum absolute atomic E-state index is 0.834. The molecule has 0 radical (unpaired) electrons. The summed E-state index contributed by atoms with van der Waals surface area (Å²) in [6.07, 6.45) is 0. The van der Waals surface area contributed by atoms with E-state index < -0.39 is 0 Å². The number of para-hydroxylation sites is 2. The quantitative estimate of drug-likeness (QED) is 0.506. The molecule has 0 N–H and O–H groups in total. The van der Waals surface area contributed by atoms with Crippen LogP contribution in [0.3, 0.4) is 0 Å². The second-order valence-electron chi connectivity index (χ2n) is 5.97. The first kappa shape index (κ1) is 17.7. The topological polar surface area (TPSA) is 44.2 Å². The molecule has 4 nitrogen and oxygen atoms in total. The van der Waals surface area contributed by atoms with Crippen molar-refractivity contribution < 1.29 is 9.47 Å². The predicted octanol–water partition coefficient (Wildman–Crippen LogP) is 5.10. The van der Waals surface area contributed by atoms with Gasteiger partial charge in [-0.3, -0.25) is 0 Å². The Balaban J connectivity index is 0.000000151. The van der Waals surface area contributed by atoms with E-state index in [1.165, 1.54) is 0 Å². The van der Waals surface area contributed by atoms with Gasteiger partial charge in [0.25, 0.3) is 0 Å². The van der Waals surface area contributed by atoms with Crippen molar-refractivity contribution in [3.8, 4) is 11.5 Å². The Bertz CT molecular complexity index is 959. The molecule has 4 aromatic rings. The number of pyridine rings is 2. The standard InChI is InChI=1S/2C11H11NO/c2*1-8-6-7-9-4-3-5-10(13-2)11(9)12-8/h2*3-7H,1-2H3. The maximum Gasteiger partial charge on any atom is 0.145 e. The lowest BCUT2D eigenvalue weighted by Crippen LogP contribution is -1.88. The molecule has 0 bridgehead atoms. The number of aryl methyl sites for hydroxylation is 2. The van der Waals surface area contributed by atoms with Crippen molar-refractivity contribution >= 4 is 21.8 Å². The number of rotatable bonds is 2. The summed E-state index contributed by atoms with van der Waals surface area (Å²) in [7, 11) is 3.33. The summed E-state index contributed by atoms with van der Waals surface area (Å²) < 4.78 is 10.4. The number of hydrogen-bond donors (Lipinski definition) is 0. The molecule has 0 unspecified atom stereocenters. The predicted molar refractivity (Wildman–Crippen MR) is 106 cm³/mol. The fourth-order valence-electron chi connectivity index (χ4n) is 2.76. The molecule has 0 amide bonds. The number of aromatic nitrogens is 2. The molecular formula is C22H22N2O2. The van der Waals surface area contributed by atoms with Crippen molar-refractivity contribution in [3.05, 3.63) is 72.1 Å². The van der Waals surface area contributed by atoms with Crippen LogP contribution in [0, 0.1) is 13.8 Å². The van der Waals surface area contributed by atoms with Crippen LogP contribution in [0.2, 0.25) is 0 Å². The largest absolute Gasteiger partial charge is 0.494 e. The molecule has 0 aliphatic rings. The molecule has 2 aromatic heterocycles. The second-order valence-corrected chi connectivity index (χ2v) is 5.97. The summed E-state index contributed by atoms with van der Waals surface area (Å²) in [6.45, 7) is 3.96. The zero-order valence-corrected chi connectivity index (χ0v) is 15.5. The van der Waals surface area contributed by atoms with E-state index in [0.717, 1.165) is 44.7 Å². The summed E-state index contributed by atoms with van der Waals surface area (Å²) in [4.78, 5) is 8.84. The zero-order chi connectivity index (χ0) is 18.5. The van der Waals surface area contributed by atoms with Gasteiger partial charge in [0.1, 0.15) is 22.5 Å². The van der Waals surface area contributed by atoms with E-state index in [1.54, 1.807) is 14.2 Å². The fraction of sp³-hybridized carbons (Fsp3) is 0.182. The van der Waals surface area contributed by atoms with Crippen LogP contribution in [0.15, 0.2) is 60.7 Å². The number of fused-ring (bicyclic) bond motifs is 2. The van der Waals surface area contributed by atoms with Gasteiger partial charge < -0.3 is 9.47 Å². The number of methoxy groups -OCH3 is 2. The number of nitrogens with zero attached hydrogens (tertiary/aromatic N) is 2. The summed E-state index contributed by atoms with van der Waals surface area (Å²) in [5.74, 6) is 1.67. The Morgan fingerprint density at radius 2 is 1.00 bits per heavy atom. The summed E-state index contributed by atoms with van der Waals surface area (Å²) in [5.41, 5.74) is 3.89. The van der Waals surface area contributed by atoms with Gasteiger partial charge in [-0.05, 0) is 38.1 Å². The Morgan fingerprint density at radius 3 is 1.38 bits per heavy atom. The molecule has 0 saturated carbocycles. The first-order valence-corrected chi connectivity index (χ1v) is 8.43. The molecule has 0 aliphatic carbocycles. The van der Waals surface area contributed by atoms with Crippen LogP contribution in [-0.2, 0) is 0 Å². The Hall–Kier alpha value is -3.14. The molecule has 26 heavy (non-hydrogen) atoms. The van der Waals surface area contributed by atoms with Crippen LogP contribution in [0.25, 0.3) is 21.8 Å². The SMILES string of the molecule is COc1cccc2ccc(C)nc12.COc1cccc2ccc(C)nc12. The van der Waals surface area contributed by atoms with Crippen LogP contribution < -0.4 is 9.47 Å². The lowest BCUT2D eigenvalue weighted by atomic mass is 10.2. The van der Waals surface area contributed by atoms with E-state index in [9.17, 15) is 0 Å². The van der Waals surface area contributed by atoms with Crippen molar-refractivity contribution in [2.75, 3.05) is 14.2 Å². The van der Waals surface area contributed by atoms with E-state index in [0.29, 0.717) is 0 Å². The Kier molecular flexibility index (Phi) is 5.32. The minimum atomic E-state index is 0.834. The molecular weight excluding hydrogens is 324 g/mol. The van der Waals surface area contributed by atoms with E-state index in [4.69, 9.17) is 9.47 Å². The van der Waals surface area contributed by atoms with Crippen molar-refractivity contribution in [1.82, 2.24) is 9.97 Å². The number of benzene rings is 2. The highest BCUT2D eigenvalue weighted by molar-refractivity contribution is 5.85. The third-order valence-corrected chi connectivity index (χ3v) is 4.08. The molecule has 4 rings (SSSR count). The molecule has 0 spiro atoms. The van der Waals surface area contributed by atoms with Gasteiger partial charge in [0.15, 0.2) is 0 Å². The van der Waals surface area contributed by atoms with Crippen molar-refractivity contribution in [1.29, 1.82) is 0 Å². The van der Waals surface area contributed by atoms with Crippen LogP contribution in [0.5, 0.6) is 11.5 Å². The molecule has 0 atom stereocenters. The summed E-state index contributed by atoms with van der Waals surface area (Å²) in [5, 5.41) is 2.23. The average molecular weight is 346 g/mol. The average Bonchev–Trinajstić information content (AvgIpc) is 2.67. The normalized spacial score (nSPS) is 10.3. The van der Waals surface area contributed by atoms with Gasteiger partial charge in [0.05, 0.1) is 14.2 Å². The molecule has 0 fully saturated rings. The maximum atomic E-state index is 5.22. The van der Waals surface area contributed by atoms with Gasteiger partial charge in [-0.2, -0.15) is 0 Å². The highest BCUT2D eigenvalue weighted by Gasteiger charge is 2.02. The summed E-state index contributed by atoms with van der Waals surface area (Å²) >= 11 is 0. The van der Waals surface area contributed by atoms with Crippen molar-refractivity contribution in [3.63, 3.8) is 0 Å². The van der Waals surface area contributed by atoms with Gasteiger partial charge in [0.2, 0.25) is 0 Å². The van der Waals surface area contributed by atoms with Gasteiger partial charge in [0, 0.05) is 22.2 Å². The van der Waals surface area contributed by atoms with Crippen molar-refractivity contribution in [2.45, 2.75) is 13.8 Å². The van der Waals surface area contributed by atoms with Gasteiger partial charge >= 0.3 is 0 Å². The third kappa shape index (κ3) is 3.75. The van der Waals surface area contributed by atoms with Gasteiger partial charge in [-0.1, -0.05) is 36.4 Å². The number of hydrogen-bond acceptors (Lipinski definition) is 4. The first-order chi connectivity index (χ1) is 12.6. The Labute approximate surface area is 153 Å². The molecule has 132 valence electrons. The molecule has 0 saturated heterocycles.